The molecule has 1 rings (SSSR count). The van der Waals surface area contributed by atoms with Gasteiger partial charge in [-0.05, 0) is 37.6 Å². The minimum absolute atomic E-state index is 0.00188. The van der Waals surface area contributed by atoms with Gasteiger partial charge in [-0.1, -0.05) is 6.92 Å². The van der Waals surface area contributed by atoms with E-state index in [-0.39, 0.29) is 17.4 Å². The van der Waals surface area contributed by atoms with Gasteiger partial charge in [0, 0.05) is 18.3 Å². The first-order valence-corrected chi connectivity index (χ1v) is 7.91. The van der Waals surface area contributed by atoms with Crippen LogP contribution < -0.4 is 10.0 Å². The molecule has 6 nitrogen and oxygen atoms in total. The molecule has 1 unspecified atom stereocenters. The molecular weight excluding hydrogens is 280 g/mol. The van der Waals surface area contributed by atoms with Crippen molar-refractivity contribution < 1.29 is 18.3 Å². The average molecular weight is 300 g/mol. The Hall–Kier alpha value is -1.60. The molecule has 1 aromatic rings. The summed E-state index contributed by atoms with van der Waals surface area (Å²) in [6.07, 6.45) is 0.726. The molecular formula is C13H20N2O4S. The fourth-order valence-electron chi connectivity index (χ4n) is 1.65. The molecule has 20 heavy (non-hydrogen) atoms. The Kier molecular flexibility index (Phi) is 5.97. The van der Waals surface area contributed by atoms with Crippen LogP contribution in [0, 0.1) is 0 Å². The summed E-state index contributed by atoms with van der Waals surface area (Å²) in [6, 6.07) is 6.01. The second-order valence-electron chi connectivity index (χ2n) is 4.57. The first-order valence-electron chi connectivity index (χ1n) is 6.43. The summed E-state index contributed by atoms with van der Waals surface area (Å²) in [4.78, 5) is 10.8. The largest absolute Gasteiger partial charge is 0.481 e. The normalized spacial score (nSPS) is 12.9. The van der Waals surface area contributed by atoms with Crippen LogP contribution in [0.4, 0.5) is 5.69 Å². The van der Waals surface area contributed by atoms with Gasteiger partial charge in [-0.2, -0.15) is 0 Å². The van der Waals surface area contributed by atoms with E-state index in [4.69, 9.17) is 5.11 Å². The van der Waals surface area contributed by atoms with Gasteiger partial charge in [0.1, 0.15) is 0 Å². The van der Waals surface area contributed by atoms with Crippen molar-refractivity contribution in [1.82, 2.24) is 4.72 Å². The van der Waals surface area contributed by atoms with E-state index in [0.29, 0.717) is 12.2 Å². The summed E-state index contributed by atoms with van der Waals surface area (Å²) in [6.45, 7) is 4.04. The Morgan fingerprint density at radius 2 is 1.90 bits per heavy atom. The van der Waals surface area contributed by atoms with Gasteiger partial charge in [-0.25, -0.2) is 13.1 Å². The molecule has 1 aromatic carbocycles. The lowest BCUT2D eigenvalue weighted by atomic mass is 10.2. The molecule has 0 fully saturated rings. The number of carboxylic acids is 1. The predicted molar refractivity (Wildman–Crippen MR) is 77.3 cm³/mol. The van der Waals surface area contributed by atoms with Gasteiger partial charge in [-0.3, -0.25) is 4.79 Å². The van der Waals surface area contributed by atoms with Crippen LogP contribution >= 0.6 is 0 Å². The summed E-state index contributed by atoms with van der Waals surface area (Å²) in [5, 5.41) is 11.7. The zero-order valence-corrected chi connectivity index (χ0v) is 12.4. The third-order valence-corrected chi connectivity index (χ3v) is 4.08. The Bertz CT molecular complexity index is 540. The van der Waals surface area contributed by atoms with E-state index in [1.807, 2.05) is 6.92 Å². The molecule has 1 atom stereocenters. The van der Waals surface area contributed by atoms with E-state index in [9.17, 15) is 13.2 Å². The molecule has 0 amide bonds. The van der Waals surface area contributed by atoms with Crippen LogP contribution in [-0.2, 0) is 14.8 Å². The summed E-state index contributed by atoms with van der Waals surface area (Å²) in [5.41, 5.74) is 0.688. The molecule has 0 spiro atoms. The van der Waals surface area contributed by atoms with Crippen LogP contribution in [-0.4, -0.2) is 32.1 Å². The highest BCUT2D eigenvalue weighted by atomic mass is 32.2. The van der Waals surface area contributed by atoms with Crippen molar-refractivity contribution in [2.45, 2.75) is 37.6 Å². The second-order valence-corrected chi connectivity index (χ2v) is 6.33. The van der Waals surface area contributed by atoms with Crippen LogP contribution in [0.1, 0.15) is 26.7 Å². The number of hydrogen-bond acceptors (Lipinski definition) is 4. The lowest BCUT2D eigenvalue weighted by molar-refractivity contribution is -0.137. The van der Waals surface area contributed by atoms with Gasteiger partial charge in [0.15, 0.2) is 0 Å². The third-order valence-electron chi connectivity index (χ3n) is 2.60. The van der Waals surface area contributed by atoms with E-state index in [1.165, 1.54) is 12.1 Å². The maximum Gasteiger partial charge on any atom is 0.305 e. The Morgan fingerprint density at radius 3 is 2.40 bits per heavy atom. The fourth-order valence-corrected chi connectivity index (χ4v) is 2.78. The number of hydrogen-bond donors (Lipinski definition) is 3. The fraction of sp³-hybridized carbons (Fsp3) is 0.462. The first-order chi connectivity index (χ1) is 9.35. The summed E-state index contributed by atoms with van der Waals surface area (Å²) in [5.74, 6) is -0.882. The smallest absolute Gasteiger partial charge is 0.305 e. The van der Waals surface area contributed by atoms with Crippen LogP contribution in [0.3, 0.4) is 0 Å². The van der Waals surface area contributed by atoms with Gasteiger partial charge in [0.25, 0.3) is 0 Å². The lowest BCUT2D eigenvalue weighted by Crippen LogP contribution is -2.24. The molecule has 0 bridgehead atoms. The van der Waals surface area contributed by atoms with Crippen LogP contribution in [0.5, 0.6) is 0 Å². The van der Waals surface area contributed by atoms with Gasteiger partial charge >= 0.3 is 5.97 Å². The molecule has 0 saturated carbocycles. The molecule has 0 aliphatic heterocycles. The Labute approximate surface area is 119 Å². The van der Waals surface area contributed by atoms with Gasteiger partial charge in [-0.15, -0.1) is 0 Å². The predicted octanol–water partition coefficient (Wildman–Crippen LogP) is 1.65. The van der Waals surface area contributed by atoms with Gasteiger partial charge in [0.05, 0.1) is 11.3 Å². The maximum absolute atomic E-state index is 11.9. The van der Waals surface area contributed by atoms with Crippen molar-refractivity contribution in [2.24, 2.45) is 0 Å². The van der Waals surface area contributed by atoms with Crippen molar-refractivity contribution in [3.63, 3.8) is 0 Å². The van der Waals surface area contributed by atoms with E-state index >= 15 is 0 Å². The van der Waals surface area contributed by atoms with Crippen molar-refractivity contribution in [1.29, 1.82) is 0 Å². The Balaban J connectivity index is 2.71. The number of benzene rings is 1. The molecule has 0 aliphatic carbocycles. The first kappa shape index (κ1) is 16.5. The molecule has 0 aromatic heterocycles. The minimum atomic E-state index is -3.46. The number of carboxylic acid groups (broad SMARTS) is 1. The third kappa shape index (κ3) is 5.18. The molecule has 0 saturated heterocycles. The van der Waals surface area contributed by atoms with Gasteiger partial charge < -0.3 is 10.4 Å². The number of anilines is 1. The molecule has 0 aliphatic rings. The summed E-state index contributed by atoms with van der Waals surface area (Å²) >= 11 is 0. The highest BCUT2D eigenvalue weighted by Crippen LogP contribution is 2.15. The van der Waals surface area contributed by atoms with Crippen molar-refractivity contribution in [3.05, 3.63) is 24.3 Å². The highest BCUT2D eigenvalue weighted by molar-refractivity contribution is 7.89. The van der Waals surface area contributed by atoms with Crippen molar-refractivity contribution >= 4 is 21.7 Å². The monoisotopic (exact) mass is 300 g/mol. The van der Waals surface area contributed by atoms with Crippen LogP contribution in [0.25, 0.3) is 0 Å². The number of sulfonamides is 1. The molecule has 0 radical (unpaired) electrons. The SMILES string of the molecule is CCCNS(=O)(=O)c1ccc(NC(C)CC(=O)O)cc1. The zero-order chi connectivity index (χ0) is 15.2. The number of aliphatic carboxylic acids is 1. The molecule has 112 valence electrons. The van der Waals surface area contributed by atoms with E-state index in [1.54, 1.807) is 19.1 Å². The minimum Gasteiger partial charge on any atom is -0.481 e. The topological polar surface area (TPSA) is 95.5 Å². The lowest BCUT2D eigenvalue weighted by Gasteiger charge is -2.13. The van der Waals surface area contributed by atoms with Gasteiger partial charge in [0.2, 0.25) is 10.0 Å². The molecule has 0 heterocycles. The highest BCUT2D eigenvalue weighted by Gasteiger charge is 2.13. The van der Waals surface area contributed by atoms with E-state index < -0.39 is 16.0 Å². The number of carbonyl (C=O) groups is 1. The zero-order valence-electron chi connectivity index (χ0n) is 11.6. The summed E-state index contributed by atoms with van der Waals surface area (Å²) < 4.78 is 26.2. The number of nitrogens with one attached hydrogen (secondary N) is 2. The average Bonchev–Trinajstić information content (AvgIpc) is 2.36. The number of rotatable bonds is 8. The Morgan fingerprint density at radius 1 is 1.30 bits per heavy atom. The maximum atomic E-state index is 11.9. The molecule has 7 heteroatoms. The van der Waals surface area contributed by atoms with Crippen LogP contribution in [0.15, 0.2) is 29.2 Å². The van der Waals surface area contributed by atoms with Crippen molar-refractivity contribution in [2.75, 3.05) is 11.9 Å². The molecule has 3 N–H and O–H groups in total. The van der Waals surface area contributed by atoms with Crippen LogP contribution in [0.2, 0.25) is 0 Å². The second kappa shape index (κ2) is 7.25. The quantitative estimate of drug-likeness (QED) is 0.678. The summed E-state index contributed by atoms with van der Waals surface area (Å²) in [7, 11) is -3.46. The standard InChI is InChI=1S/C13H20N2O4S/c1-3-8-14-20(18,19)12-6-4-11(5-7-12)15-10(2)9-13(16)17/h4-7,10,14-15H,3,8-9H2,1-2H3,(H,16,17). The van der Waals surface area contributed by atoms with Crippen molar-refractivity contribution in [3.8, 4) is 0 Å². The van der Waals surface area contributed by atoms with E-state index in [0.717, 1.165) is 6.42 Å². The van der Waals surface area contributed by atoms with E-state index in [2.05, 4.69) is 10.0 Å².